The Morgan fingerprint density at radius 2 is 1.50 bits per heavy atom. The van der Waals surface area contributed by atoms with Gasteiger partial charge >= 0.3 is 0 Å². The molecule has 4 heteroatoms. The number of fused-ring (bicyclic) bond motifs is 10. The maximum absolute atomic E-state index is 6.39. The van der Waals surface area contributed by atoms with E-state index in [4.69, 9.17) is 9.40 Å². The minimum Gasteiger partial charge on any atom is -0.455 e. The topological polar surface area (TPSA) is 43.9 Å². The molecule has 0 aliphatic carbocycles. The molecule has 0 spiro atoms. The van der Waals surface area contributed by atoms with Crippen molar-refractivity contribution in [1.82, 2.24) is 14.5 Å². The molecule has 0 fully saturated rings. The zero-order valence-electron chi connectivity index (χ0n) is 15.9. The Balaban J connectivity index is 1.91. The third-order valence-corrected chi connectivity index (χ3v) is 5.91. The number of furan rings is 1. The van der Waals surface area contributed by atoms with Gasteiger partial charge in [0.25, 0.3) is 0 Å². The van der Waals surface area contributed by atoms with Gasteiger partial charge in [-0.25, -0.2) is 4.98 Å². The highest BCUT2D eigenvalue weighted by atomic mass is 16.3. The highest BCUT2D eigenvalue weighted by Crippen LogP contribution is 2.44. The Morgan fingerprint density at radius 1 is 0.667 bits per heavy atom. The Morgan fingerprint density at radius 3 is 2.43 bits per heavy atom. The van der Waals surface area contributed by atoms with Crippen LogP contribution < -0.4 is 0 Å². The standard InChI is InChI=1S/C26H15N3O/c1-2-7-16(8-3-1)29-24-22(19-10-6-13-28-26(19)29)17-12-14-27-15-20(17)25-23(24)18-9-4-5-11-21(18)30-25/h1-15H. The fourth-order valence-electron chi connectivity index (χ4n) is 4.72. The highest BCUT2D eigenvalue weighted by molar-refractivity contribution is 6.34. The normalized spacial score (nSPS) is 12.0. The third-order valence-electron chi connectivity index (χ3n) is 5.91. The molecular formula is C26H15N3O. The van der Waals surface area contributed by atoms with E-state index in [0.29, 0.717) is 0 Å². The van der Waals surface area contributed by atoms with Gasteiger partial charge < -0.3 is 4.42 Å². The van der Waals surface area contributed by atoms with Gasteiger partial charge in [0.1, 0.15) is 16.8 Å². The summed E-state index contributed by atoms with van der Waals surface area (Å²) in [5, 5.41) is 6.65. The minimum atomic E-state index is 0.867. The van der Waals surface area contributed by atoms with Crippen LogP contribution in [0, 0.1) is 0 Å². The lowest BCUT2D eigenvalue weighted by molar-refractivity contribution is 0.672. The molecule has 4 nitrogen and oxygen atoms in total. The van der Waals surface area contributed by atoms with Crippen molar-refractivity contribution in [2.24, 2.45) is 0 Å². The van der Waals surface area contributed by atoms with Crippen LogP contribution in [0.2, 0.25) is 0 Å². The first-order chi connectivity index (χ1) is 14.9. The van der Waals surface area contributed by atoms with Crippen molar-refractivity contribution >= 4 is 54.6 Å². The van der Waals surface area contributed by atoms with Gasteiger partial charge in [-0.2, -0.15) is 0 Å². The molecule has 0 saturated carbocycles. The van der Waals surface area contributed by atoms with Crippen molar-refractivity contribution in [3.8, 4) is 5.69 Å². The molecule has 0 saturated heterocycles. The molecule has 140 valence electrons. The van der Waals surface area contributed by atoms with Gasteiger partial charge in [-0.05, 0) is 41.8 Å². The molecule has 0 radical (unpaired) electrons. The molecule has 0 bridgehead atoms. The van der Waals surface area contributed by atoms with Gasteiger partial charge in [0, 0.05) is 45.8 Å². The fourth-order valence-corrected chi connectivity index (χ4v) is 4.72. The maximum atomic E-state index is 6.39. The summed E-state index contributed by atoms with van der Waals surface area (Å²) < 4.78 is 8.65. The zero-order valence-corrected chi connectivity index (χ0v) is 15.9. The lowest BCUT2D eigenvalue weighted by Gasteiger charge is -2.09. The second-order valence-electron chi connectivity index (χ2n) is 7.49. The summed E-state index contributed by atoms with van der Waals surface area (Å²) in [6, 6.07) is 24.9. The van der Waals surface area contributed by atoms with Gasteiger partial charge in [0.2, 0.25) is 0 Å². The predicted molar refractivity (Wildman–Crippen MR) is 121 cm³/mol. The SMILES string of the molecule is c1ccc(-n2c3ncccc3c3c4ccncc4c4oc5ccccc5c4c32)cc1. The molecule has 3 aromatic carbocycles. The predicted octanol–water partition coefficient (Wildman–Crippen LogP) is 6.63. The van der Waals surface area contributed by atoms with Crippen molar-refractivity contribution < 1.29 is 4.42 Å². The molecule has 30 heavy (non-hydrogen) atoms. The zero-order chi connectivity index (χ0) is 19.7. The molecule has 4 aromatic heterocycles. The van der Waals surface area contributed by atoms with Crippen LogP contribution in [-0.2, 0) is 0 Å². The van der Waals surface area contributed by atoms with Crippen LogP contribution in [-0.4, -0.2) is 14.5 Å². The molecule has 0 atom stereocenters. The van der Waals surface area contributed by atoms with E-state index in [2.05, 4.69) is 58.1 Å². The van der Waals surface area contributed by atoms with Gasteiger partial charge in [0.15, 0.2) is 0 Å². The average Bonchev–Trinajstić information content (AvgIpc) is 3.36. The van der Waals surface area contributed by atoms with Gasteiger partial charge in [-0.3, -0.25) is 9.55 Å². The van der Waals surface area contributed by atoms with Crippen LogP contribution in [0.3, 0.4) is 0 Å². The number of benzene rings is 3. The Bertz CT molecular complexity index is 1740. The summed E-state index contributed by atoms with van der Waals surface area (Å²) >= 11 is 0. The first-order valence-electron chi connectivity index (χ1n) is 9.93. The van der Waals surface area contributed by atoms with E-state index in [0.717, 1.165) is 54.9 Å². The van der Waals surface area contributed by atoms with E-state index in [1.54, 1.807) is 0 Å². The lowest BCUT2D eigenvalue weighted by Crippen LogP contribution is -1.95. The van der Waals surface area contributed by atoms with Gasteiger partial charge in [-0.1, -0.05) is 36.4 Å². The van der Waals surface area contributed by atoms with Gasteiger partial charge in [-0.15, -0.1) is 0 Å². The van der Waals surface area contributed by atoms with E-state index in [-0.39, 0.29) is 0 Å². The van der Waals surface area contributed by atoms with Crippen LogP contribution in [0.25, 0.3) is 60.3 Å². The van der Waals surface area contributed by atoms with E-state index in [1.807, 2.05) is 42.9 Å². The molecule has 0 aliphatic rings. The van der Waals surface area contributed by atoms with Crippen LogP contribution in [0.4, 0.5) is 0 Å². The largest absolute Gasteiger partial charge is 0.455 e. The van der Waals surface area contributed by atoms with E-state index >= 15 is 0 Å². The summed E-state index contributed by atoms with van der Waals surface area (Å²) in [5.41, 5.74) is 4.88. The van der Waals surface area contributed by atoms with E-state index < -0.39 is 0 Å². The number of pyridine rings is 2. The number of rotatable bonds is 1. The maximum Gasteiger partial charge on any atom is 0.146 e. The molecule has 0 amide bonds. The Hall–Kier alpha value is -4.18. The third kappa shape index (κ3) is 1.90. The average molecular weight is 385 g/mol. The first kappa shape index (κ1) is 15.7. The number of aromatic nitrogens is 3. The number of hydrogen-bond donors (Lipinski definition) is 0. The lowest BCUT2D eigenvalue weighted by atomic mass is 10.0. The van der Waals surface area contributed by atoms with Crippen LogP contribution in [0.15, 0.2) is 95.8 Å². The van der Waals surface area contributed by atoms with E-state index in [9.17, 15) is 0 Å². The molecular weight excluding hydrogens is 370 g/mol. The molecule has 0 aliphatic heterocycles. The van der Waals surface area contributed by atoms with Crippen LogP contribution in [0.1, 0.15) is 0 Å². The minimum absolute atomic E-state index is 0.867. The summed E-state index contributed by atoms with van der Waals surface area (Å²) in [4.78, 5) is 9.19. The first-order valence-corrected chi connectivity index (χ1v) is 9.93. The Labute approximate surface area is 171 Å². The monoisotopic (exact) mass is 385 g/mol. The summed E-state index contributed by atoms with van der Waals surface area (Å²) in [7, 11) is 0. The molecule has 4 heterocycles. The molecule has 0 N–H and O–H groups in total. The fraction of sp³-hybridized carbons (Fsp3) is 0. The second kappa shape index (κ2) is 5.67. The van der Waals surface area contributed by atoms with E-state index in [1.165, 1.54) is 5.39 Å². The molecule has 7 rings (SSSR count). The van der Waals surface area contributed by atoms with Crippen molar-refractivity contribution in [2.45, 2.75) is 0 Å². The van der Waals surface area contributed by atoms with Crippen molar-refractivity contribution in [3.05, 3.63) is 91.4 Å². The van der Waals surface area contributed by atoms with Crippen molar-refractivity contribution in [3.63, 3.8) is 0 Å². The van der Waals surface area contributed by atoms with Gasteiger partial charge in [0.05, 0.1) is 10.9 Å². The van der Waals surface area contributed by atoms with Crippen LogP contribution >= 0.6 is 0 Å². The van der Waals surface area contributed by atoms with Crippen molar-refractivity contribution in [2.75, 3.05) is 0 Å². The summed E-state index contributed by atoms with van der Waals surface area (Å²) in [6.07, 6.45) is 5.61. The molecule has 7 aromatic rings. The number of para-hydroxylation sites is 2. The number of hydrogen-bond acceptors (Lipinski definition) is 3. The van der Waals surface area contributed by atoms with Crippen LogP contribution in [0.5, 0.6) is 0 Å². The quantitative estimate of drug-likeness (QED) is 0.319. The highest BCUT2D eigenvalue weighted by Gasteiger charge is 2.23. The molecule has 0 unspecified atom stereocenters. The van der Waals surface area contributed by atoms with Crippen molar-refractivity contribution in [1.29, 1.82) is 0 Å². The second-order valence-corrected chi connectivity index (χ2v) is 7.49. The smallest absolute Gasteiger partial charge is 0.146 e. The Kier molecular flexibility index (Phi) is 2.97. The summed E-state index contributed by atoms with van der Waals surface area (Å²) in [6.45, 7) is 0. The summed E-state index contributed by atoms with van der Waals surface area (Å²) in [5.74, 6) is 0. The number of nitrogens with zero attached hydrogens (tertiary/aromatic N) is 3.